The highest BCUT2D eigenvalue weighted by atomic mass is 16.6. The minimum atomic E-state index is -0.830. The van der Waals surface area contributed by atoms with Crippen LogP contribution in [0.15, 0.2) is 41.7 Å². The number of nitrogens with one attached hydrogen (secondary N) is 2. The zero-order chi connectivity index (χ0) is 53.9. The van der Waals surface area contributed by atoms with Gasteiger partial charge in [-0.2, -0.15) is 0 Å². The van der Waals surface area contributed by atoms with Crippen molar-refractivity contribution in [1.29, 1.82) is 0 Å². The predicted octanol–water partition coefficient (Wildman–Crippen LogP) is 12.0. The maximum atomic E-state index is 16.0. The number of aliphatic hydroxyl groups is 3. The Bertz CT molecular complexity index is 2820. The monoisotopic (exact) mass is 1050 g/mol. The van der Waals surface area contributed by atoms with E-state index in [1.54, 1.807) is 0 Å². The molecular formula is C67H95N3O7. The summed E-state index contributed by atoms with van der Waals surface area (Å²) in [5, 5.41) is 42.2. The van der Waals surface area contributed by atoms with Gasteiger partial charge in [-0.3, -0.25) is 9.59 Å². The second-order valence-corrected chi connectivity index (χ2v) is 29.9. The van der Waals surface area contributed by atoms with Crippen LogP contribution in [0, 0.1) is 55.7 Å². The van der Waals surface area contributed by atoms with Crippen molar-refractivity contribution >= 4 is 22.6 Å². The van der Waals surface area contributed by atoms with Gasteiger partial charge in [0.05, 0.1) is 34.9 Å². The molecule has 1 aromatic carbocycles. The van der Waals surface area contributed by atoms with Crippen LogP contribution >= 0.6 is 0 Å². The molecule has 10 heteroatoms. The molecule has 2 saturated heterocycles. The summed E-state index contributed by atoms with van der Waals surface area (Å²) >= 11 is 0. The average molecular weight is 1050 g/mol. The molecule has 8 fully saturated rings. The number of hydrogen-bond acceptors (Lipinski definition) is 8. The molecule has 2 aromatic heterocycles. The zero-order valence-corrected chi connectivity index (χ0v) is 48.4. The molecule has 420 valence electrons. The van der Waals surface area contributed by atoms with Gasteiger partial charge < -0.3 is 39.7 Å². The van der Waals surface area contributed by atoms with Crippen molar-refractivity contribution in [3.8, 4) is 0 Å². The molecule has 0 bridgehead atoms. The summed E-state index contributed by atoms with van der Waals surface area (Å²) in [6, 6.07) is 7.60. The number of nitrogens with zero attached hydrogens (tertiary/aromatic N) is 1. The minimum absolute atomic E-state index is 0.0155. The number of ketones is 2. The van der Waals surface area contributed by atoms with Crippen LogP contribution in [0.25, 0.3) is 11.0 Å². The topological polar surface area (TPSA) is 149 Å². The van der Waals surface area contributed by atoms with Crippen LogP contribution in [-0.4, -0.2) is 93.3 Å². The molecule has 5 heterocycles. The Kier molecular flexibility index (Phi) is 12.7. The lowest BCUT2D eigenvalue weighted by molar-refractivity contribution is -0.300. The first-order valence-corrected chi connectivity index (χ1v) is 31.2. The van der Waals surface area contributed by atoms with Gasteiger partial charge >= 0.3 is 0 Å². The number of carbonyl (C=O) groups is 2. The molecule has 7 aliphatic carbocycles. The van der Waals surface area contributed by atoms with Crippen LogP contribution in [0.5, 0.6) is 0 Å². The molecular weight excluding hydrogens is 959 g/mol. The Balaban J connectivity index is 1.000. The first-order valence-electron chi connectivity index (χ1n) is 31.2. The Morgan fingerprint density at radius 3 is 2.22 bits per heavy atom. The van der Waals surface area contributed by atoms with Crippen molar-refractivity contribution in [3.05, 3.63) is 69.6 Å². The fourth-order valence-electron chi connectivity index (χ4n) is 22.0. The number of aryl methyl sites for hydroxylation is 1. The molecule has 6 saturated carbocycles. The number of ether oxygens (including phenoxy) is 2. The molecule has 77 heavy (non-hydrogen) atoms. The summed E-state index contributed by atoms with van der Waals surface area (Å²) in [5.41, 5.74) is 7.22. The number of epoxide rings is 1. The summed E-state index contributed by atoms with van der Waals surface area (Å²) < 4.78 is 14.6. The van der Waals surface area contributed by atoms with Crippen LogP contribution in [0.2, 0.25) is 0 Å². The molecule has 10 aliphatic rings. The summed E-state index contributed by atoms with van der Waals surface area (Å²) in [4.78, 5) is 35.3. The van der Waals surface area contributed by atoms with Crippen molar-refractivity contribution < 1.29 is 34.4 Å². The van der Waals surface area contributed by atoms with Gasteiger partial charge in [0.15, 0.2) is 5.78 Å². The number of aromatic amines is 1. The maximum Gasteiger partial charge on any atom is 0.160 e. The van der Waals surface area contributed by atoms with Gasteiger partial charge in [0.2, 0.25) is 0 Å². The van der Waals surface area contributed by atoms with E-state index in [1.165, 1.54) is 71.0 Å². The van der Waals surface area contributed by atoms with Gasteiger partial charge in [0, 0.05) is 73.7 Å². The van der Waals surface area contributed by atoms with Crippen LogP contribution in [0.4, 0.5) is 0 Å². The van der Waals surface area contributed by atoms with E-state index in [2.05, 4.69) is 93.9 Å². The van der Waals surface area contributed by atoms with Gasteiger partial charge in [-0.15, -0.1) is 0 Å². The fourth-order valence-corrected chi connectivity index (χ4v) is 22.0. The van der Waals surface area contributed by atoms with Crippen LogP contribution < -0.4 is 5.32 Å². The smallest absolute Gasteiger partial charge is 0.160 e. The van der Waals surface area contributed by atoms with Gasteiger partial charge in [0.25, 0.3) is 0 Å². The zero-order valence-electron chi connectivity index (χ0n) is 48.4. The molecule has 0 amide bonds. The number of H-pyrrole nitrogens is 1. The second kappa shape index (κ2) is 18.4. The Hall–Kier alpha value is -3.12. The number of rotatable bonds is 10. The highest BCUT2D eigenvalue weighted by Gasteiger charge is 2.81. The van der Waals surface area contributed by atoms with Crippen LogP contribution in [0.1, 0.15) is 217 Å². The summed E-state index contributed by atoms with van der Waals surface area (Å²) in [5.74, 6) is 1.02. The molecule has 3 aromatic rings. The standard InChI is InChI=1S/C67H95N3O7/c1-60(2)58(77-60)50(73)33-61(3)22-16-43-36-69-54-46(30-40-28-44(41-14-10-9-11-15-41)31-45(29-40)42-18-26-76-27-19-42)37-70(55(43)54)38-48-52-53(61)49(72)34-63(52,5)64(6)39-66(20-12-13-21-66)59-62(4,24-25-68-8)51(74)35-67(23-17-47(71)32-67)65(59,7)57(64)56(48)75/h28-29,31,36-37,41-42,47-48,50,56-59,68-69,71,73,75H,9-27,30,32-35,38-39H2,1-8H3/t47-,48+,50+,56+,57-,58+,59-,61-,62+,63-,64-,65-,67-/m0/s1. The first kappa shape index (κ1) is 53.2. The Labute approximate surface area is 460 Å². The molecule has 3 aliphatic heterocycles. The molecule has 13 rings (SSSR count). The van der Waals surface area contributed by atoms with E-state index in [-0.39, 0.29) is 29.1 Å². The van der Waals surface area contributed by atoms with Crippen molar-refractivity contribution in [2.75, 3.05) is 26.8 Å². The van der Waals surface area contributed by atoms with Crippen molar-refractivity contribution in [2.24, 2.45) is 55.7 Å². The normalized spacial score (nSPS) is 41.1. The molecule has 0 radical (unpaired) electrons. The third kappa shape index (κ3) is 7.78. The summed E-state index contributed by atoms with van der Waals surface area (Å²) in [6.07, 6.45) is 22.3. The first-order chi connectivity index (χ1) is 36.6. The number of hydrogen-bond donors (Lipinski definition) is 5. The largest absolute Gasteiger partial charge is 0.393 e. The van der Waals surface area contributed by atoms with E-state index < -0.39 is 62.3 Å². The minimum Gasteiger partial charge on any atom is -0.393 e. The molecule has 0 unspecified atom stereocenters. The van der Waals surface area contributed by atoms with Crippen molar-refractivity contribution in [2.45, 2.75) is 238 Å². The highest BCUT2D eigenvalue weighted by molar-refractivity contribution is 6.02. The van der Waals surface area contributed by atoms with Crippen LogP contribution in [-0.2, 0) is 38.4 Å². The summed E-state index contributed by atoms with van der Waals surface area (Å²) in [7, 11) is 2.01. The quantitative estimate of drug-likeness (QED) is 0.126. The van der Waals surface area contributed by atoms with Crippen LogP contribution in [0.3, 0.4) is 0 Å². The Morgan fingerprint density at radius 1 is 0.857 bits per heavy atom. The van der Waals surface area contributed by atoms with E-state index in [0.29, 0.717) is 62.7 Å². The van der Waals surface area contributed by atoms with Crippen molar-refractivity contribution in [1.82, 2.24) is 14.9 Å². The van der Waals surface area contributed by atoms with E-state index in [4.69, 9.17) is 9.47 Å². The Morgan fingerprint density at radius 2 is 1.56 bits per heavy atom. The molecule has 13 atom stereocenters. The number of aliphatic hydroxyl groups excluding tert-OH is 3. The predicted molar refractivity (Wildman–Crippen MR) is 302 cm³/mol. The van der Waals surface area contributed by atoms with Gasteiger partial charge in [-0.25, -0.2) is 0 Å². The molecule has 2 spiro atoms. The van der Waals surface area contributed by atoms with E-state index >= 15 is 9.59 Å². The number of allylic oxidation sites excluding steroid dienone is 1. The second-order valence-electron chi connectivity index (χ2n) is 29.9. The highest BCUT2D eigenvalue weighted by Crippen LogP contribution is 2.84. The van der Waals surface area contributed by atoms with E-state index in [0.717, 1.165) is 102 Å². The van der Waals surface area contributed by atoms with Gasteiger partial charge in [0.1, 0.15) is 11.9 Å². The lowest BCUT2D eigenvalue weighted by Gasteiger charge is -2.78. The molecule has 10 nitrogen and oxygen atoms in total. The van der Waals surface area contributed by atoms with Crippen molar-refractivity contribution in [3.63, 3.8) is 0 Å². The lowest BCUT2D eigenvalue weighted by atomic mass is 9.26. The lowest BCUT2D eigenvalue weighted by Crippen LogP contribution is -2.76. The number of benzene rings is 1. The summed E-state index contributed by atoms with van der Waals surface area (Å²) in [6.45, 7) is 19.1. The number of carbonyl (C=O) groups excluding carboxylic acids is 2. The maximum absolute atomic E-state index is 16.0. The van der Waals surface area contributed by atoms with Gasteiger partial charge in [-0.05, 0) is 201 Å². The third-order valence-electron chi connectivity index (χ3n) is 25.4. The number of aromatic nitrogens is 2. The SMILES string of the molecule is CNCC[C@]1(C)C(=O)C[C@@]2(CC[C@H](O)C2)[C@@]2(C)[C@H]3[C@H](O)[C@@H]4Cn5cc(Cc6cc(C7CCCCC7)cc(C7CCOCC7)c6)c6[nH]cc(c65)CC[C@@](C)(C[C@@H](O)[C@H]5OC5(C)C)C5=C4[C@](C)(CC5=O)[C@@]3(C)CC3(CCCC3)[C@H]21. The third-order valence-corrected chi connectivity index (χ3v) is 25.4. The van der Waals surface area contributed by atoms with E-state index in [9.17, 15) is 15.3 Å². The van der Waals surface area contributed by atoms with E-state index in [1.807, 2.05) is 7.05 Å². The number of Topliss-reactive ketones (excluding diaryl/α,β-unsaturated/α-hetero) is 2. The number of fused-ring (bicyclic) bond motifs is 6. The van der Waals surface area contributed by atoms with Gasteiger partial charge in [-0.1, -0.05) is 84.9 Å². The fraction of sp³-hybridized carbons (Fsp3) is 0.761. The molecule has 5 N–H and O–H groups in total. The average Bonchev–Trinajstić information content (AvgIpc) is 4.20.